The Morgan fingerprint density at radius 2 is 2.24 bits per heavy atom. The van der Waals surface area contributed by atoms with Crippen LogP contribution in [0.1, 0.15) is 12.6 Å². The minimum Gasteiger partial charge on any atom is -0.394 e. The number of hydrogen-bond donors (Lipinski definition) is 3. The van der Waals surface area contributed by atoms with Crippen LogP contribution in [-0.4, -0.2) is 64.9 Å². The molecule has 4 atom stereocenters. The number of hydrogen-bond acceptors (Lipinski definition) is 10. The Labute approximate surface area is 143 Å². The number of aliphatic hydroxyl groups is 2. The highest BCUT2D eigenvalue weighted by molar-refractivity contribution is 5.23. The molecule has 4 N–H and O–H groups in total. The molecule has 2 rings (SSSR count). The zero-order valence-electron chi connectivity index (χ0n) is 13.4. The highest BCUT2D eigenvalue weighted by atomic mass is 16.7. The molecule has 138 valence electrons. The van der Waals surface area contributed by atoms with Gasteiger partial charge in [-0.25, -0.2) is 4.79 Å². The number of nitrogens with two attached hydrogens (primary N) is 1. The SMILES string of the molecule is N#CCCOCOCO[C@@H]1[C@@H](O)[C@@H](CO)O[C@H]1n1ccc(N)nc1=O. The van der Waals surface area contributed by atoms with E-state index in [-0.39, 0.29) is 32.4 Å². The van der Waals surface area contributed by atoms with E-state index in [1.54, 1.807) is 0 Å². The first-order chi connectivity index (χ1) is 12.1. The molecule has 1 aliphatic heterocycles. The number of ether oxygens (including phenoxy) is 4. The molecule has 0 saturated carbocycles. The van der Waals surface area contributed by atoms with Gasteiger partial charge in [0, 0.05) is 6.20 Å². The average molecular weight is 356 g/mol. The van der Waals surface area contributed by atoms with Gasteiger partial charge in [-0.1, -0.05) is 0 Å². The van der Waals surface area contributed by atoms with E-state index in [1.165, 1.54) is 12.3 Å². The molecule has 1 saturated heterocycles. The van der Waals surface area contributed by atoms with E-state index in [4.69, 9.17) is 29.9 Å². The average Bonchev–Trinajstić information content (AvgIpc) is 2.90. The van der Waals surface area contributed by atoms with Crippen LogP contribution in [-0.2, 0) is 18.9 Å². The lowest BCUT2D eigenvalue weighted by atomic mass is 10.1. The third kappa shape index (κ3) is 4.95. The Bertz CT molecular complexity index is 647. The molecule has 1 fully saturated rings. The zero-order chi connectivity index (χ0) is 18.2. The quantitative estimate of drug-likeness (QED) is 0.344. The number of anilines is 1. The van der Waals surface area contributed by atoms with Gasteiger partial charge in [0.15, 0.2) is 6.23 Å². The van der Waals surface area contributed by atoms with E-state index in [9.17, 15) is 15.0 Å². The van der Waals surface area contributed by atoms with Crippen LogP contribution >= 0.6 is 0 Å². The summed E-state index contributed by atoms with van der Waals surface area (Å²) in [6.45, 7) is -0.563. The maximum Gasteiger partial charge on any atom is 0.351 e. The fraction of sp³-hybridized carbons (Fsp3) is 0.643. The van der Waals surface area contributed by atoms with Crippen molar-refractivity contribution in [1.29, 1.82) is 5.26 Å². The van der Waals surface area contributed by atoms with Gasteiger partial charge < -0.3 is 34.9 Å². The maximum atomic E-state index is 12.0. The van der Waals surface area contributed by atoms with Crippen LogP contribution in [0.15, 0.2) is 17.1 Å². The van der Waals surface area contributed by atoms with Gasteiger partial charge in [0.1, 0.15) is 37.7 Å². The van der Waals surface area contributed by atoms with Gasteiger partial charge >= 0.3 is 5.69 Å². The van der Waals surface area contributed by atoms with Crippen molar-refractivity contribution in [1.82, 2.24) is 9.55 Å². The van der Waals surface area contributed by atoms with E-state index < -0.39 is 36.8 Å². The molecule has 0 spiro atoms. The van der Waals surface area contributed by atoms with E-state index in [1.807, 2.05) is 6.07 Å². The maximum absolute atomic E-state index is 12.0. The third-order valence-corrected chi connectivity index (χ3v) is 3.49. The standard InChI is InChI=1S/C14H20N4O7/c15-3-1-5-22-7-23-8-24-12-11(20)9(6-19)25-13(12)18-4-2-10(16)17-14(18)21/h2,4,9,11-13,19-20H,1,5-8H2,(H2,16,17,21)/t9-,11+,12-,13-/m1/s1. The lowest BCUT2D eigenvalue weighted by molar-refractivity contribution is -0.175. The minimum atomic E-state index is -1.18. The van der Waals surface area contributed by atoms with Crippen molar-refractivity contribution in [3.63, 3.8) is 0 Å². The molecular formula is C14H20N4O7. The molecule has 0 amide bonds. The molecule has 0 unspecified atom stereocenters. The highest BCUT2D eigenvalue weighted by Crippen LogP contribution is 2.30. The molecule has 0 bridgehead atoms. The van der Waals surface area contributed by atoms with Crippen LogP contribution in [0.25, 0.3) is 0 Å². The lowest BCUT2D eigenvalue weighted by Gasteiger charge is -2.22. The highest BCUT2D eigenvalue weighted by Gasteiger charge is 2.45. The van der Waals surface area contributed by atoms with E-state index in [0.29, 0.717) is 0 Å². The van der Waals surface area contributed by atoms with E-state index >= 15 is 0 Å². The van der Waals surface area contributed by atoms with E-state index in [0.717, 1.165) is 4.57 Å². The molecule has 0 aromatic carbocycles. The topological polar surface area (TPSA) is 162 Å². The van der Waals surface area contributed by atoms with Gasteiger partial charge in [-0.3, -0.25) is 4.57 Å². The second kappa shape index (κ2) is 9.42. The predicted molar refractivity (Wildman–Crippen MR) is 81.8 cm³/mol. The van der Waals surface area contributed by atoms with Crippen LogP contribution in [0, 0.1) is 11.3 Å². The van der Waals surface area contributed by atoms with Crippen molar-refractivity contribution in [2.75, 3.05) is 32.5 Å². The summed E-state index contributed by atoms with van der Waals surface area (Å²) >= 11 is 0. The minimum absolute atomic E-state index is 0.0498. The molecule has 1 aromatic rings. The predicted octanol–water partition coefficient (Wildman–Crippen LogP) is -1.68. The number of aliphatic hydroxyl groups excluding tert-OH is 2. The summed E-state index contributed by atoms with van der Waals surface area (Å²) in [5.41, 5.74) is 4.77. The first kappa shape index (κ1) is 19.3. The van der Waals surface area contributed by atoms with Crippen LogP contribution in [0.3, 0.4) is 0 Å². The Hall–Kier alpha value is -2.07. The van der Waals surface area contributed by atoms with Crippen LogP contribution in [0.2, 0.25) is 0 Å². The summed E-state index contributed by atoms with van der Waals surface area (Å²) in [5, 5.41) is 27.9. The van der Waals surface area contributed by atoms with Crippen molar-refractivity contribution in [3.8, 4) is 6.07 Å². The smallest absolute Gasteiger partial charge is 0.351 e. The van der Waals surface area contributed by atoms with Crippen molar-refractivity contribution in [3.05, 3.63) is 22.7 Å². The molecule has 25 heavy (non-hydrogen) atoms. The Balaban J connectivity index is 1.97. The number of rotatable bonds is 9. The molecule has 1 aliphatic rings. The summed E-state index contributed by atoms with van der Waals surface area (Å²) in [6, 6.07) is 3.32. The molecule has 0 aliphatic carbocycles. The normalized spacial score (nSPS) is 25.8. The number of nitrogens with zero attached hydrogens (tertiary/aromatic N) is 3. The second-order valence-electron chi connectivity index (χ2n) is 5.17. The molecule has 0 radical (unpaired) electrons. The van der Waals surface area contributed by atoms with Gasteiger partial charge in [0.2, 0.25) is 0 Å². The fourth-order valence-electron chi connectivity index (χ4n) is 2.29. The largest absolute Gasteiger partial charge is 0.394 e. The Morgan fingerprint density at radius 3 is 2.92 bits per heavy atom. The fourth-order valence-corrected chi connectivity index (χ4v) is 2.29. The first-order valence-corrected chi connectivity index (χ1v) is 7.51. The number of nitriles is 1. The van der Waals surface area contributed by atoms with Gasteiger partial charge in [0.25, 0.3) is 0 Å². The van der Waals surface area contributed by atoms with Gasteiger partial charge in [-0.05, 0) is 6.07 Å². The molecular weight excluding hydrogens is 336 g/mol. The molecule has 1 aromatic heterocycles. The van der Waals surface area contributed by atoms with Gasteiger partial charge in [0.05, 0.1) is 25.7 Å². The third-order valence-electron chi connectivity index (χ3n) is 3.49. The number of aromatic nitrogens is 2. The van der Waals surface area contributed by atoms with Crippen molar-refractivity contribution in [2.24, 2.45) is 0 Å². The monoisotopic (exact) mass is 356 g/mol. The van der Waals surface area contributed by atoms with Gasteiger partial charge in [-0.15, -0.1) is 0 Å². The summed E-state index contributed by atoms with van der Waals surface area (Å²) in [4.78, 5) is 15.6. The summed E-state index contributed by atoms with van der Waals surface area (Å²) < 4.78 is 22.1. The summed E-state index contributed by atoms with van der Waals surface area (Å²) in [5.74, 6) is 0.0498. The zero-order valence-corrected chi connectivity index (χ0v) is 13.4. The van der Waals surface area contributed by atoms with Crippen LogP contribution in [0.5, 0.6) is 0 Å². The first-order valence-electron chi connectivity index (χ1n) is 7.51. The molecule has 11 nitrogen and oxygen atoms in total. The number of nitrogen functional groups attached to an aromatic ring is 1. The summed E-state index contributed by atoms with van der Waals surface area (Å²) in [6.07, 6.45) is -2.47. The summed E-state index contributed by atoms with van der Waals surface area (Å²) in [7, 11) is 0. The van der Waals surface area contributed by atoms with Crippen molar-refractivity contribution < 1.29 is 29.2 Å². The molecule has 2 heterocycles. The second-order valence-corrected chi connectivity index (χ2v) is 5.17. The van der Waals surface area contributed by atoms with Gasteiger partial charge in [-0.2, -0.15) is 10.2 Å². The van der Waals surface area contributed by atoms with Crippen molar-refractivity contribution >= 4 is 5.82 Å². The Morgan fingerprint density at radius 1 is 1.44 bits per heavy atom. The van der Waals surface area contributed by atoms with Crippen LogP contribution < -0.4 is 11.4 Å². The Kier molecular flexibility index (Phi) is 7.26. The van der Waals surface area contributed by atoms with Crippen molar-refractivity contribution in [2.45, 2.75) is 31.0 Å². The van der Waals surface area contributed by atoms with Crippen LogP contribution in [0.4, 0.5) is 5.82 Å². The lowest BCUT2D eigenvalue weighted by Crippen LogP contribution is -2.38. The van der Waals surface area contributed by atoms with E-state index in [2.05, 4.69) is 4.98 Å². The molecule has 11 heteroatoms.